The Labute approximate surface area is 110 Å². The maximum Gasteiger partial charge on any atom is 0.165 e. The van der Waals surface area contributed by atoms with Crippen LogP contribution in [-0.2, 0) is 4.74 Å². The minimum Gasteiger partial charge on any atom is -0.376 e. The molecule has 1 aliphatic heterocycles. The second-order valence-electron chi connectivity index (χ2n) is 4.43. The maximum atomic E-state index is 13.9. The van der Waals surface area contributed by atoms with Crippen LogP contribution >= 0.6 is 11.6 Å². The Morgan fingerprint density at radius 2 is 2.17 bits per heavy atom. The predicted octanol–water partition coefficient (Wildman–Crippen LogP) is 3.45. The fourth-order valence-corrected chi connectivity index (χ4v) is 2.64. The maximum absolute atomic E-state index is 13.9. The highest BCUT2D eigenvalue weighted by Crippen LogP contribution is 2.33. The first kappa shape index (κ1) is 13.7. The van der Waals surface area contributed by atoms with E-state index >= 15 is 0 Å². The van der Waals surface area contributed by atoms with E-state index in [0.29, 0.717) is 6.61 Å². The Hall–Kier alpha value is -0.710. The summed E-state index contributed by atoms with van der Waals surface area (Å²) < 4.78 is 32.8. The van der Waals surface area contributed by atoms with Crippen LogP contribution in [0.25, 0.3) is 0 Å². The zero-order valence-corrected chi connectivity index (χ0v) is 10.9. The summed E-state index contributed by atoms with van der Waals surface area (Å²) in [7, 11) is 1.70. The number of benzene rings is 1. The molecule has 0 amide bonds. The third kappa shape index (κ3) is 2.66. The van der Waals surface area contributed by atoms with Gasteiger partial charge in [0.2, 0.25) is 0 Å². The van der Waals surface area contributed by atoms with Crippen molar-refractivity contribution in [3.8, 4) is 0 Å². The highest BCUT2D eigenvalue weighted by atomic mass is 35.5. The van der Waals surface area contributed by atoms with E-state index in [2.05, 4.69) is 5.32 Å². The van der Waals surface area contributed by atoms with Crippen LogP contribution in [0.2, 0.25) is 5.02 Å². The Kier molecular flexibility index (Phi) is 4.54. The van der Waals surface area contributed by atoms with Gasteiger partial charge in [-0.1, -0.05) is 11.6 Å². The minimum atomic E-state index is -0.893. The van der Waals surface area contributed by atoms with Crippen molar-refractivity contribution in [1.29, 1.82) is 0 Å². The molecule has 0 radical (unpaired) electrons. The molecule has 0 aliphatic carbocycles. The first-order valence-electron chi connectivity index (χ1n) is 6.07. The largest absolute Gasteiger partial charge is 0.376 e. The van der Waals surface area contributed by atoms with Crippen LogP contribution in [0.5, 0.6) is 0 Å². The standard InChI is InChI=1S/C13H16ClF2NO/c1-17-13(10-4-2-3-7-18-10)11-8(14)5-6-9(15)12(11)16/h5-6,10,13,17H,2-4,7H2,1H3. The van der Waals surface area contributed by atoms with Crippen molar-refractivity contribution in [2.24, 2.45) is 0 Å². The van der Waals surface area contributed by atoms with E-state index in [0.717, 1.165) is 25.3 Å². The van der Waals surface area contributed by atoms with Crippen molar-refractivity contribution in [3.63, 3.8) is 0 Å². The van der Waals surface area contributed by atoms with E-state index in [1.165, 1.54) is 6.07 Å². The number of likely N-dealkylation sites (N-methyl/N-ethyl adjacent to an activating group) is 1. The van der Waals surface area contributed by atoms with E-state index < -0.39 is 17.7 Å². The average Bonchev–Trinajstić information content (AvgIpc) is 2.40. The highest BCUT2D eigenvalue weighted by Gasteiger charge is 2.29. The molecule has 18 heavy (non-hydrogen) atoms. The van der Waals surface area contributed by atoms with Gasteiger partial charge in [0.1, 0.15) is 0 Å². The Morgan fingerprint density at radius 3 is 2.78 bits per heavy atom. The van der Waals surface area contributed by atoms with Crippen molar-refractivity contribution < 1.29 is 13.5 Å². The second-order valence-corrected chi connectivity index (χ2v) is 4.84. The molecule has 100 valence electrons. The second kappa shape index (κ2) is 5.95. The van der Waals surface area contributed by atoms with E-state index in [1.807, 2.05) is 0 Å². The van der Waals surface area contributed by atoms with Gasteiger partial charge in [-0.2, -0.15) is 0 Å². The van der Waals surface area contributed by atoms with E-state index in [1.54, 1.807) is 7.05 Å². The fourth-order valence-electron chi connectivity index (χ4n) is 2.37. The molecular formula is C13H16ClF2NO. The van der Waals surface area contributed by atoms with Crippen LogP contribution < -0.4 is 5.32 Å². The molecule has 1 heterocycles. The fraction of sp³-hybridized carbons (Fsp3) is 0.538. The van der Waals surface area contributed by atoms with Crippen molar-refractivity contribution in [2.45, 2.75) is 31.4 Å². The number of hydrogen-bond acceptors (Lipinski definition) is 2. The van der Waals surface area contributed by atoms with Gasteiger partial charge in [0.25, 0.3) is 0 Å². The van der Waals surface area contributed by atoms with Crippen LogP contribution in [0, 0.1) is 11.6 Å². The normalized spacial score (nSPS) is 21.9. The van der Waals surface area contributed by atoms with Gasteiger partial charge in [0.15, 0.2) is 11.6 Å². The predicted molar refractivity (Wildman–Crippen MR) is 66.8 cm³/mol. The van der Waals surface area contributed by atoms with Gasteiger partial charge in [0.05, 0.1) is 12.1 Å². The number of halogens is 3. The molecular weight excluding hydrogens is 260 g/mol. The van der Waals surface area contributed by atoms with Crippen molar-refractivity contribution in [1.82, 2.24) is 5.32 Å². The smallest absolute Gasteiger partial charge is 0.165 e. The van der Waals surface area contributed by atoms with E-state index in [-0.39, 0.29) is 16.7 Å². The van der Waals surface area contributed by atoms with Crippen LogP contribution in [0.4, 0.5) is 8.78 Å². The summed E-state index contributed by atoms with van der Waals surface area (Å²) in [5, 5.41) is 3.21. The first-order chi connectivity index (χ1) is 8.65. The molecule has 0 bridgehead atoms. The number of hydrogen-bond donors (Lipinski definition) is 1. The summed E-state index contributed by atoms with van der Waals surface area (Å²) >= 11 is 5.99. The highest BCUT2D eigenvalue weighted by molar-refractivity contribution is 6.31. The molecule has 2 nitrogen and oxygen atoms in total. The van der Waals surface area contributed by atoms with Crippen LogP contribution in [0.1, 0.15) is 30.9 Å². The van der Waals surface area contributed by atoms with Gasteiger partial charge < -0.3 is 10.1 Å². The minimum absolute atomic E-state index is 0.158. The zero-order chi connectivity index (χ0) is 13.1. The molecule has 2 rings (SSSR count). The molecule has 5 heteroatoms. The first-order valence-corrected chi connectivity index (χ1v) is 6.45. The molecule has 0 saturated carbocycles. The SMILES string of the molecule is CNC(c1c(Cl)ccc(F)c1F)C1CCCCO1. The molecule has 2 atom stereocenters. The van der Waals surface area contributed by atoms with Crippen molar-refractivity contribution in [3.05, 3.63) is 34.4 Å². The Morgan fingerprint density at radius 1 is 1.39 bits per heavy atom. The van der Waals surface area contributed by atoms with Crippen molar-refractivity contribution in [2.75, 3.05) is 13.7 Å². The van der Waals surface area contributed by atoms with Gasteiger partial charge in [-0.05, 0) is 38.4 Å². The Balaban J connectivity index is 2.34. The number of rotatable bonds is 3. The summed E-state index contributed by atoms with van der Waals surface area (Å²) in [6, 6.07) is 1.99. The third-order valence-electron chi connectivity index (χ3n) is 3.29. The Bertz CT molecular complexity index is 422. The van der Waals surface area contributed by atoms with E-state index in [4.69, 9.17) is 16.3 Å². The molecule has 1 aromatic carbocycles. The summed E-state index contributed by atoms with van der Waals surface area (Å²) in [4.78, 5) is 0. The van der Waals surface area contributed by atoms with Crippen LogP contribution in [0.3, 0.4) is 0 Å². The quantitative estimate of drug-likeness (QED) is 0.853. The summed E-state index contributed by atoms with van der Waals surface area (Å²) in [6.07, 6.45) is 2.68. The number of nitrogens with one attached hydrogen (secondary N) is 1. The van der Waals surface area contributed by atoms with Gasteiger partial charge in [-0.15, -0.1) is 0 Å². The van der Waals surface area contributed by atoms with Crippen molar-refractivity contribution >= 4 is 11.6 Å². The average molecular weight is 276 g/mol. The van der Waals surface area contributed by atoms with Crippen LogP contribution in [0.15, 0.2) is 12.1 Å². The third-order valence-corrected chi connectivity index (χ3v) is 3.62. The number of ether oxygens (including phenoxy) is 1. The summed E-state index contributed by atoms with van der Waals surface area (Å²) in [5.41, 5.74) is 0.158. The molecule has 1 aromatic rings. The molecule has 1 saturated heterocycles. The van der Waals surface area contributed by atoms with Gasteiger partial charge in [-0.3, -0.25) is 0 Å². The zero-order valence-electron chi connectivity index (χ0n) is 10.2. The molecule has 2 unspecified atom stereocenters. The summed E-state index contributed by atoms with van der Waals surface area (Å²) in [6.45, 7) is 0.650. The van der Waals surface area contributed by atoms with Gasteiger partial charge in [0, 0.05) is 17.2 Å². The molecule has 1 N–H and O–H groups in total. The molecule has 1 aliphatic rings. The lowest BCUT2D eigenvalue weighted by molar-refractivity contribution is -0.00740. The van der Waals surface area contributed by atoms with Crippen LogP contribution in [-0.4, -0.2) is 19.8 Å². The van der Waals surface area contributed by atoms with E-state index in [9.17, 15) is 8.78 Å². The molecule has 0 aromatic heterocycles. The monoisotopic (exact) mass is 275 g/mol. The topological polar surface area (TPSA) is 21.3 Å². The molecule has 0 spiro atoms. The van der Waals surface area contributed by atoms with Gasteiger partial charge in [-0.25, -0.2) is 8.78 Å². The summed E-state index contributed by atoms with van der Waals surface area (Å²) in [5.74, 6) is -1.78. The lowest BCUT2D eigenvalue weighted by Crippen LogP contribution is -2.35. The van der Waals surface area contributed by atoms with Gasteiger partial charge >= 0.3 is 0 Å². The lowest BCUT2D eigenvalue weighted by atomic mass is 9.95. The molecule has 1 fully saturated rings. The lowest BCUT2D eigenvalue weighted by Gasteiger charge is -2.31.